The van der Waals surface area contributed by atoms with Crippen LogP contribution in [0.3, 0.4) is 0 Å². The van der Waals surface area contributed by atoms with Crippen molar-refractivity contribution in [2.45, 2.75) is 19.5 Å². The quantitative estimate of drug-likeness (QED) is 0.656. The Morgan fingerprint density at radius 2 is 2.09 bits per heavy atom. The number of aromatic amines is 1. The van der Waals surface area contributed by atoms with Gasteiger partial charge in [-0.25, -0.2) is 4.39 Å². The van der Waals surface area contributed by atoms with Crippen LogP contribution >= 0.6 is 0 Å². The molecule has 0 aliphatic rings. The molecule has 0 saturated heterocycles. The first-order valence-corrected chi connectivity index (χ1v) is 3.39. The molecule has 1 aromatic heterocycles. The molecule has 0 atom stereocenters. The third-order valence-corrected chi connectivity index (χ3v) is 1.41. The van der Waals surface area contributed by atoms with Crippen LogP contribution in [0.25, 0.3) is 0 Å². The molecule has 0 radical (unpaired) electrons. The minimum Gasteiger partial charge on any atom is -0.323 e. The van der Waals surface area contributed by atoms with Crippen LogP contribution in [-0.2, 0) is 5.67 Å². The molecular weight excluding hydrogens is 145 g/mol. The van der Waals surface area contributed by atoms with Gasteiger partial charge in [-0.05, 0) is 19.9 Å². The van der Waals surface area contributed by atoms with Crippen LogP contribution < -0.4 is 5.56 Å². The van der Waals surface area contributed by atoms with Crippen LogP contribution in [0, 0.1) is 0 Å². The first kappa shape index (κ1) is 7.98. The number of nitrogens with one attached hydrogen (secondary N) is 1. The number of H-pyrrole nitrogens is 1. The van der Waals surface area contributed by atoms with E-state index in [0.29, 0.717) is 5.69 Å². The van der Waals surface area contributed by atoms with Gasteiger partial charge in [-0.1, -0.05) is 6.07 Å². The van der Waals surface area contributed by atoms with Crippen LogP contribution in [0.1, 0.15) is 19.5 Å². The number of aromatic nitrogens is 1. The highest BCUT2D eigenvalue weighted by Gasteiger charge is 2.18. The van der Waals surface area contributed by atoms with E-state index in [0.717, 1.165) is 0 Å². The second-order valence-corrected chi connectivity index (χ2v) is 2.90. The van der Waals surface area contributed by atoms with Crippen molar-refractivity contribution >= 4 is 0 Å². The number of hydrogen-bond acceptors (Lipinski definition) is 1. The van der Waals surface area contributed by atoms with Gasteiger partial charge in [-0.3, -0.25) is 4.79 Å². The van der Waals surface area contributed by atoms with Gasteiger partial charge in [0.05, 0.1) is 5.69 Å². The van der Waals surface area contributed by atoms with E-state index < -0.39 is 5.67 Å². The van der Waals surface area contributed by atoms with Crippen LogP contribution in [0.15, 0.2) is 23.0 Å². The van der Waals surface area contributed by atoms with E-state index in [2.05, 4.69) is 4.98 Å². The van der Waals surface area contributed by atoms with E-state index in [-0.39, 0.29) is 5.56 Å². The first-order valence-electron chi connectivity index (χ1n) is 3.39. The normalized spacial score (nSPS) is 11.5. The molecule has 3 heteroatoms. The summed E-state index contributed by atoms with van der Waals surface area (Å²) in [5.74, 6) is 0. The van der Waals surface area contributed by atoms with Crippen molar-refractivity contribution in [1.29, 1.82) is 0 Å². The zero-order valence-electron chi connectivity index (χ0n) is 6.52. The Labute approximate surface area is 64.1 Å². The Balaban J connectivity index is 3.16. The topological polar surface area (TPSA) is 32.9 Å². The maximum absolute atomic E-state index is 13.1. The summed E-state index contributed by atoms with van der Waals surface area (Å²) in [5.41, 5.74) is -1.43. The molecule has 0 fully saturated rings. The van der Waals surface area contributed by atoms with Gasteiger partial charge in [0.25, 0.3) is 0 Å². The summed E-state index contributed by atoms with van der Waals surface area (Å²) in [4.78, 5) is 13.1. The molecule has 0 bridgehead atoms. The van der Waals surface area contributed by atoms with Crippen molar-refractivity contribution in [2.75, 3.05) is 0 Å². The summed E-state index contributed by atoms with van der Waals surface area (Å²) in [6.45, 7) is 2.80. The summed E-state index contributed by atoms with van der Waals surface area (Å²) in [7, 11) is 0. The number of pyridine rings is 1. The Morgan fingerprint density at radius 1 is 1.45 bits per heavy atom. The SMILES string of the molecule is CC(C)(F)c1cccc(=O)[nH]1. The molecule has 0 aliphatic heterocycles. The number of alkyl halides is 1. The Hall–Kier alpha value is -1.12. The lowest BCUT2D eigenvalue weighted by Gasteiger charge is -2.12. The minimum atomic E-state index is -1.47. The fraction of sp³-hybridized carbons (Fsp3) is 0.375. The van der Waals surface area contributed by atoms with Crippen molar-refractivity contribution in [2.24, 2.45) is 0 Å². The summed E-state index contributed by atoms with van der Waals surface area (Å²) < 4.78 is 13.1. The van der Waals surface area contributed by atoms with Crippen LogP contribution in [0.4, 0.5) is 4.39 Å². The molecule has 0 aromatic carbocycles. The predicted molar refractivity (Wildman–Crippen MR) is 41.2 cm³/mol. The van der Waals surface area contributed by atoms with Crippen molar-refractivity contribution in [3.8, 4) is 0 Å². The van der Waals surface area contributed by atoms with E-state index >= 15 is 0 Å². The standard InChI is InChI=1S/C8H10FNO/c1-8(2,9)6-4-3-5-7(11)10-6/h3-5H,1-2H3,(H,10,11). The molecule has 1 N–H and O–H groups in total. The highest BCUT2D eigenvalue weighted by molar-refractivity contribution is 5.10. The van der Waals surface area contributed by atoms with Gasteiger partial charge in [0.15, 0.2) is 0 Å². The van der Waals surface area contributed by atoms with E-state index in [4.69, 9.17) is 0 Å². The van der Waals surface area contributed by atoms with Gasteiger partial charge >= 0.3 is 0 Å². The minimum absolute atomic E-state index is 0.270. The molecule has 2 nitrogen and oxygen atoms in total. The highest BCUT2D eigenvalue weighted by Crippen LogP contribution is 2.20. The van der Waals surface area contributed by atoms with Crippen molar-refractivity contribution < 1.29 is 4.39 Å². The Kier molecular flexibility index (Phi) is 1.81. The second kappa shape index (κ2) is 2.49. The number of rotatable bonds is 1. The molecule has 11 heavy (non-hydrogen) atoms. The maximum atomic E-state index is 13.1. The fourth-order valence-electron chi connectivity index (χ4n) is 0.795. The average Bonchev–Trinajstić information content (AvgIpc) is 1.86. The lowest BCUT2D eigenvalue weighted by atomic mass is 10.1. The Bertz CT molecular complexity index is 297. The van der Waals surface area contributed by atoms with E-state index in [1.54, 1.807) is 6.07 Å². The zero-order chi connectivity index (χ0) is 8.48. The smallest absolute Gasteiger partial charge is 0.248 e. The van der Waals surface area contributed by atoms with E-state index in [9.17, 15) is 9.18 Å². The third kappa shape index (κ3) is 1.90. The van der Waals surface area contributed by atoms with Crippen LogP contribution in [0.2, 0.25) is 0 Å². The van der Waals surface area contributed by atoms with Gasteiger partial charge in [0.2, 0.25) is 5.56 Å². The van der Waals surface area contributed by atoms with Gasteiger partial charge < -0.3 is 4.98 Å². The summed E-state index contributed by atoms with van der Waals surface area (Å²) in [6.07, 6.45) is 0. The lowest BCUT2D eigenvalue weighted by molar-refractivity contribution is 0.214. The fourth-order valence-corrected chi connectivity index (χ4v) is 0.795. The highest BCUT2D eigenvalue weighted by atomic mass is 19.1. The van der Waals surface area contributed by atoms with Gasteiger partial charge in [-0.15, -0.1) is 0 Å². The largest absolute Gasteiger partial charge is 0.323 e. The van der Waals surface area contributed by atoms with Crippen molar-refractivity contribution in [3.05, 3.63) is 34.2 Å². The van der Waals surface area contributed by atoms with E-state index in [1.165, 1.54) is 26.0 Å². The molecule has 0 aliphatic carbocycles. The second-order valence-electron chi connectivity index (χ2n) is 2.90. The van der Waals surface area contributed by atoms with Gasteiger partial charge in [0.1, 0.15) is 5.67 Å². The van der Waals surface area contributed by atoms with Crippen LogP contribution in [0.5, 0.6) is 0 Å². The molecule has 60 valence electrons. The summed E-state index contributed by atoms with van der Waals surface area (Å²) in [5, 5.41) is 0. The first-order chi connectivity index (χ1) is 5.00. The van der Waals surface area contributed by atoms with Gasteiger partial charge in [-0.2, -0.15) is 0 Å². The Morgan fingerprint density at radius 3 is 2.45 bits per heavy atom. The number of hydrogen-bond donors (Lipinski definition) is 1. The molecule has 0 spiro atoms. The monoisotopic (exact) mass is 155 g/mol. The molecular formula is C8H10FNO. The average molecular weight is 155 g/mol. The molecule has 0 saturated carbocycles. The summed E-state index contributed by atoms with van der Waals surface area (Å²) >= 11 is 0. The van der Waals surface area contributed by atoms with Crippen LogP contribution in [-0.4, -0.2) is 4.98 Å². The van der Waals surface area contributed by atoms with Crippen molar-refractivity contribution in [3.63, 3.8) is 0 Å². The molecule has 0 amide bonds. The van der Waals surface area contributed by atoms with Crippen molar-refractivity contribution in [1.82, 2.24) is 4.98 Å². The zero-order valence-corrected chi connectivity index (χ0v) is 6.52. The van der Waals surface area contributed by atoms with E-state index in [1.807, 2.05) is 0 Å². The third-order valence-electron chi connectivity index (χ3n) is 1.41. The van der Waals surface area contributed by atoms with Gasteiger partial charge in [0, 0.05) is 6.07 Å². The maximum Gasteiger partial charge on any atom is 0.248 e. The molecule has 1 rings (SSSR count). The predicted octanol–water partition coefficient (Wildman–Crippen LogP) is 1.58. The molecule has 1 heterocycles. The number of halogens is 1. The molecule has 1 aromatic rings. The molecule has 0 unspecified atom stereocenters. The summed E-state index contributed by atoms with van der Waals surface area (Å²) in [6, 6.07) is 4.45. The lowest BCUT2D eigenvalue weighted by Crippen LogP contribution is -2.16.